The van der Waals surface area contributed by atoms with E-state index in [2.05, 4.69) is 5.10 Å². The number of carboxylic acid groups (broad SMARTS) is 1. The third kappa shape index (κ3) is 4.01. The molecule has 2 heterocycles. The number of methoxy groups -OCH3 is 1. The fourth-order valence-electron chi connectivity index (χ4n) is 3.73. The Balaban J connectivity index is 1.76. The van der Waals surface area contributed by atoms with E-state index in [-0.39, 0.29) is 11.5 Å². The van der Waals surface area contributed by atoms with Gasteiger partial charge in [-0.2, -0.15) is 10.1 Å². The molecule has 3 aromatic rings. The second-order valence-electron chi connectivity index (χ2n) is 7.56. The van der Waals surface area contributed by atoms with Gasteiger partial charge >= 0.3 is 11.9 Å². The molecule has 2 aromatic carbocycles. The van der Waals surface area contributed by atoms with E-state index in [4.69, 9.17) is 21.4 Å². The highest BCUT2D eigenvalue weighted by Crippen LogP contribution is 2.31. The number of esters is 1. The Morgan fingerprint density at radius 3 is 2.52 bits per heavy atom. The third-order valence-electron chi connectivity index (χ3n) is 5.51. The number of hydrogen-bond acceptors (Lipinski definition) is 5. The van der Waals surface area contributed by atoms with Gasteiger partial charge < -0.3 is 14.4 Å². The van der Waals surface area contributed by atoms with Crippen LogP contribution >= 0.6 is 11.6 Å². The standard InChI is InChI=1S/C24H20ClN3O5/c1-13-19(22(29)28(26-13)18-7-4-15(5-8-18)23(30)31)10-16-12-27(14(2)24(32)33-3)21-9-6-17(25)11-20(16)21/h4-12,14H,1-3H3,(H,30,31)/b19-10-. The van der Waals surface area contributed by atoms with Gasteiger partial charge in [0.2, 0.25) is 0 Å². The molecular weight excluding hydrogens is 446 g/mol. The SMILES string of the molecule is COC(=O)C(C)n1cc(/C=C2\C(=O)N(c3ccc(C(=O)O)cc3)N=C2C)c2cc(Cl)ccc21. The van der Waals surface area contributed by atoms with Crippen molar-refractivity contribution in [2.24, 2.45) is 5.10 Å². The second kappa shape index (κ2) is 8.55. The van der Waals surface area contributed by atoms with Crippen LogP contribution < -0.4 is 5.01 Å². The molecular formula is C24H20ClN3O5. The smallest absolute Gasteiger partial charge is 0.335 e. The van der Waals surface area contributed by atoms with E-state index in [1.165, 1.54) is 36.4 Å². The Labute approximate surface area is 194 Å². The van der Waals surface area contributed by atoms with E-state index in [0.717, 1.165) is 10.9 Å². The molecule has 1 amide bonds. The average molecular weight is 466 g/mol. The number of carboxylic acids is 1. The molecule has 168 valence electrons. The van der Waals surface area contributed by atoms with Crippen LogP contribution in [-0.4, -0.2) is 40.3 Å². The minimum atomic E-state index is -1.05. The first-order valence-electron chi connectivity index (χ1n) is 10.0. The average Bonchev–Trinajstić information content (AvgIpc) is 3.30. The number of benzene rings is 2. The van der Waals surface area contributed by atoms with Gasteiger partial charge in [0.1, 0.15) is 6.04 Å². The molecule has 0 bridgehead atoms. The lowest BCUT2D eigenvalue weighted by Gasteiger charge is -2.12. The zero-order chi connectivity index (χ0) is 23.9. The van der Waals surface area contributed by atoms with Crippen LogP contribution in [0.25, 0.3) is 17.0 Å². The molecule has 1 aromatic heterocycles. The Morgan fingerprint density at radius 2 is 1.88 bits per heavy atom. The summed E-state index contributed by atoms with van der Waals surface area (Å²) in [6.45, 7) is 3.45. The summed E-state index contributed by atoms with van der Waals surface area (Å²) in [4.78, 5) is 36.4. The quantitative estimate of drug-likeness (QED) is 0.440. The summed E-state index contributed by atoms with van der Waals surface area (Å²) in [5.41, 5.74) is 2.92. The summed E-state index contributed by atoms with van der Waals surface area (Å²) >= 11 is 6.22. The summed E-state index contributed by atoms with van der Waals surface area (Å²) in [5, 5.41) is 16.0. The molecule has 9 heteroatoms. The van der Waals surface area contributed by atoms with E-state index >= 15 is 0 Å². The number of carbonyl (C=O) groups excluding carboxylic acids is 2. The minimum Gasteiger partial charge on any atom is -0.478 e. The van der Waals surface area contributed by atoms with Gasteiger partial charge in [0, 0.05) is 27.7 Å². The monoisotopic (exact) mass is 465 g/mol. The first-order chi connectivity index (χ1) is 15.7. The normalized spacial score (nSPS) is 15.8. The van der Waals surface area contributed by atoms with Crippen LogP contribution in [-0.2, 0) is 14.3 Å². The molecule has 33 heavy (non-hydrogen) atoms. The van der Waals surface area contributed by atoms with Crippen molar-refractivity contribution in [2.45, 2.75) is 19.9 Å². The molecule has 0 fully saturated rings. The molecule has 4 rings (SSSR count). The van der Waals surface area contributed by atoms with Crippen LogP contribution in [0.3, 0.4) is 0 Å². The van der Waals surface area contributed by atoms with Crippen LogP contribution in [0.1, 0.15) is 35.8 Å². The van der Waals surface area contributed by atoms with E-state index in [0.29, 0.717) is 27.6 Å². The maximum Gasteiger partial charge on any atom is 0.335 e. The Hall–Kier alpha value is -3.91. The van der Waals surface area contributed by atoms with Gasteiger partial charge in [-0.25, -0.2) is 9.59 Å². The molecule has 1 N–H and O–H groups in total. The fourth-order valence-corrected chi connectivity index (χ4v) is 3.91. The number of hydrogen-bond donors (Lipinski definition) is 1. The Bertz CT molecular complexity index is 1350. The van der Waals surface area contributed by atoms with E-state index in [9.17, 15) is 14.4 Å². The summed E-state index contributed by atoms with van der Waals surface area (Å²) in [6.07, 6.45) is 3.49. The number of halogens is 1. The minimum absolute atomic E-state index is 0.117. The van der Waals surface area contributed by atoms with Gasteiger partial charge in [-0.3, -0.25) is 4.79 Å². The summed E-state index contributed by atoms with van der Waals surface area (Å²) in [5.74, 6) is -1.79. The summed E-state index contributed by atoms with van der Waals surface area (Å²) in [7, 11) is 1.33. The molecule has 0 saturated carbocycles. The van der Waals surface area contributed by atoms with Crippen molar-refractivity contribution >= 4 is 57.8 Å². The second-order valence-corrected chi connectivity index (χ2v) is 8.00. The lowest BCUT2D eigenvalue weighted by Crippen LogP contribution is -2.21. The number of rotatable bonds is 5. The van der Waals surface area contributed by atoms with Crippen LogP contribution in [0, 0.1) is 0 Å². The maximum atomic E-state index is 13.2. The zero-order valence-corrected chi connectivity index (χ0v) is 18.8. The Kier molecular flexibility index (Phi) is 5.78. The molecule has 0 spiro atoms. The lowest BCUT2D eigenvalue weighted by molar-refractivity contribution is -0.143. The van der Waals surface area contributed by atoms with Gasteiger partial charge in [-0.05, 0) is 62.4 Å². The van der Waals surface area contributed by atoms with Crippen LogP contribution in [0.4, 0.5) is 5.69 Å². The van der Waals surface area contributed by atoms with E-state index in [1.807, 2.05) is 6.07 Å². The number of anilines is 1. The van der Waals surface area contributed by atoms with Gasteiger partial charge in [0.05, 0.1) is 29.6 Å². The highest BCUT2D eigenvalue weighted by Gasteiger charge is 2.29. The number of amides is 1. The molecule has 0 saturated heterocycles. The number of aromatic carboxylic acids is 1. The van der Waals surface area contributed by atoms with Gasteiger partial charge in [-0.15, -0.1) is 0 Å². The van der Waals surface area contributed by atoms with Crippen molar-refractivity contribution in [1.29, 1.82) is 0 Å². The molecule has 0 aliphatic carbocycles. The highest BCUT2D eigenvalue weighted by atomic mass is 35.5. The molecule has 1 aliphatic rings. The highest BCUT2D eigenvalue weighted by molar-refractivity contribution is 6.33. The van der Waals surface area contributed by atoms with E-state index in [1.54, 1.807) is 42.8 Å². The predicted molar refractivity (Wildman–Crippen MR) is 126 cm³/mol. The summed E-state index contributed by atoms with van der Waals surface area (Å²) < 4.78 is 6.66. The fraction of sp³-hybridized carbons (Fsp3) is 0.167. The molecule has 0 radical (unpaired) electrons. The first-order valence-corrected chi connectivity index (χ1v) is 10.4. The number of nitrogens with zero attached hydrogens (tertiary/aromatic N) is 3. The third-order valence-corrected chi connectivity index (χ3v) is 5.74. The van der Waals surface area contributed by atoms with Crippen molar-refractivity contribution in [3.05, 3.63) is 70.4 Å². The molecule has 8 nitrogen and oxygen atoms in total. The van der Waals surface area contributed by atoms with E-state index < -0.39 is 18.0 Å². The van der Waals surface area contributed by atoms with Crippen molar-refractivity contribution in [3.8, 4) is 0 Å². The Morgan fingerprint density at radius 1 is 1.18 bits per heavy atom. The number of aromatic nitrogens is 1. The van der Waals surface area contributed by atoms with Crippen molar-refractivity contribution < 1.29 is 24.2 Å². The maximum absolute atomic E-state index is 13.2. The first kappa shape index (κ1) is 22.3. The van der Waals surface area contributed by atoms with Gasteiger partial charge in [0.25, 0.3) is 5.91 Å². The number of hydrazone groups is 1. The molecule has 1 unspecified atom stereocenters. The number of ether oxygens (including phenoxy) is 1. The van der Waals surface area contributed by atoms with Crippen molar-refractivity contribution in [3.63, 3.8) is 0 Å². The van der Waals surface area contributed by atoms with Gasteiger partial charge in [-0.1, -0.05) is 11.6 Å². The lowest BCUT2D eigenvalue weighted by atomic mass is 10.1. The topological polar surface area (TPSA) is 101 Å². The van der Waals surface area contributed by atoms with Crippen molar-refractivity contribution in [2.75, 3.05) is 12.1 Å². The molecule has 1 atom stereocenters. The van der Waals surface area contributed by atoms with Crippen molar-refractivity contribution in [1.82, 2.24) is 4.57 Å². The van der Waals surface area contributed by atoms with Gasteiger partial charge in [0.15, 0.2) is 0 Å². The number of fused-ring (bicyclic) bond motifs is 1. The predicted octanol–water partition coefficient (Wildman–Crippen LogP) is 4.53. The zero-order valence-electron chi connectivity index (χ0n) is 18.1. The molecule has 1 aliphatic heterocycles. The van der Waals surface area contributed by atoms with Crippen LogP contribution in [0.5, 0.6) is 0 Å². The van der Waals surface area contributed by atoms with Crippen LogP contribution in [0.15, 0.2) is 59.3 Å². The van der Waals surface area contributed by atoms with Crippen LogP contribution in [0.2, 0.25) is 5.02 Å². The largest absolute Gasteiger partial charge is 0.478 e. The number of carbonyl (C=O) groups is 3. The summed E-state index contributed by atoms with van der Waals surface area (Å²) in [6, 6.07) is 10.6.